The van der Waals surface area contributed by atoms with Gasteiger partial charge in [0.05, 0.1) is 14.2 Å². The molecule has 0 atom stereocenters. The molecule has 0 saturated heterocycles. The molecule has 0 unspecified atom stereocenters. The van der Waals surface area contributed by atoms with Gasteiger partial charge in [0.25, 0.3) is 0 Å². The average molecular weight is 315 g/mol. The summed E-state index contributed by atoms with van der Waals surface area (Å²) in [6, 6.07) is 14.7. The maximum atomic E-state index is 10.0. The Kier molecular flexibility index (Phi) is 3.82. The molecule has 0 aromatic heterocycles. The molecule has 3 aromatic carbocycles. The quantitative estimate of drug-likeness (QED) is 0.748. The second-order valence-corrected chi connectivity index (χ2v) is 5.36. The molecular weight excluding hydrogens is 300 g/mol. The molecule has 0 spiro atoms. The van der Waals surface area contributed by atoms with Crippen LogP contribution in [0.5, 0.6) is 17.2 Å². The SMILES string of the molecule is COc1cc2cc(O)cc(-c3ccc(Cl)cc3)c2cc1OC. The Morgan fingerprint density at radius 2 is 1.50 bits per heavy atom. The number of rotatable bonds is 3. The average Bonchev–Trinajstić information content (AvgIpc) is 2.53. The Morgan fingerprint density at radius 1 is 0.864 bits per heavy atom. The van der Waals surface area contributed by atoms with Gasteiger partial charge in [0.1, 0.15) is 5.75 Å². The number of hydrogen-bond donors (Lipinski definition) is 1. The van der Waals surface area contributed by atoms with Crippen molar-refractivity contribution < 1.29 is 14.6 Å². The van der Waals surface area contributed by atoms with Crippen molar-refractivity contribution >= 4 is 22.4 Å². The predicted molar refractivity (Wildman–Crippen MR) is 89.2 cm³/mol. The molecule has 3 rings (SSSR count). The number of ether oxygens (including phenoxy) is 2. The van der Waals surface area contributed by atoms with Gasteiger partial charge in [-0.25, -0.2) is 0 Å². The van der Waals surface area contributed by atoms with Crippen LogP contribution in [0.3, 0.4) is 0 Å². The minimum Gasteiger partial charge on any atom is -0.508 e. The molecule has 22 heavy (non-hydrogen) atoms. The van der Waals surface area contributed by atoms with Crippen molar-refractivity contribution in [3.8, 4) is 28.4 Å². The Hall–Kier alpha value is -2.39. The van der Waals surface area contributed by atoms with E-state index in [1.165, 1.54) is 0 Å². The van der Waals surface area contributed by atoms with Crippen LogP contribution in [0.15, 0.2) is 48.5 Å². The van der Waals surface area contributed by atoms with Crippen molar-refractivity contribution in [2.45, 2.75) is 0 Å². The highest BCUT2D eigenvalue weighted by Gasteiger charge is 2.12. The van der Waals surface area contributed by atoms with Crippen molar-refractivity contribution in [2.75, 3.05) is 14.2 Å². The van der Waals surface area contributed by atoms with Gasteiger partial charge in [0.15, 0.2) is 11.5 Å². The van der Waals surface area contributed by atoms with E-state index in [0.29, 0.717) is 16.5 Å². The summed E-state index contributed by atoms with van der Waals surface area (Å²) >= 11 is 5.95. The molecule has 0 radical (unpaired) electrons. The van der Waals surface area contributed by atoms with Crippen LogP contribution in [0.1, 0.15) is 0 Å². The maximum Gasteiger partial charge on any atom is 0.161 e. The number of aromatic hydroxyl groups is 1. The van der Waals surface area contributed by atoms with Crippen LogP contribution in [0.25, 0.3) is 21.9 Å². The smallest absolute Gasteiger partial charge is 0.161 e. The number of benzene rings is 3. The van der Waals surface area contributed by atoms with E-state index in [9.17, 15) is 5.11 Å². The first-order valence-electron chi connectivity index (χ1n) is 6.77. The van der Waals surface area contributed by atoms with Gasteiger partial charge in [0, 0.05) is 5.02 Å². The largest absolute Gasteiger partial charge is 0.508 e. The van der Waals surface area contributed by atoms with Crippen molar-refractivity contribution in [3.63, 3.8) is 0 Å². The monoisotopic (exact) mass is 314 g/mol. The van der Waals surface area contributed by atoms with Crippen molar-refractivity contribution in [1.29, 1.82) is 0 Å². The maximum absolute atomic E-state index is 10.0. The van der Waals surface area contributed by atoms with Gasteiger partial charge in [-0.2, -0.15) is 0 Å². The molecule has 0 aliphatic heterocycles. The topological polar surface area (TPSA) is 38.7 Å². The van der Waals surface area contributed by atoms with E-state index in [4.69, 9.17) is 21.1 Å². The fourth-order valence-corrected chi connectivity index (χ4v) is 2.67. The van der Waals surface area contributed by atoms with Crippen LogP contribution in [0, 0.1) is 0 Å². The first-order chi connectivity index (χ1) is 10.6. The molecule has 0 bridgehead atoms. The number of fused-ring (bicyclic) bond motifs is 1. The van der Waals surface area contributed by atoms with E-state index in [1.54, 1.807) is 26.4 Å². The van der Waals surface area contributed by atoms with Crippen molar-refractivity contribution in [1.82, 2.24) is 0 Å². The van der Waals surface area contributed by atoms with Crippen LogP contribution in [0.2, 0.25) is 5.02 Å². The number of phenols is 1. The first-order valence-corrected chi connectivity index (χ1v) is 7.15. The molecule has 4 heteroatoms. The van der Waals surface area contributed by atoms with Gasteiger partial charge >= 0.3 is 0 Å². The summed E-state index contributed by atoms with van der Waals surface area (Å²) in [5, 5.41) is 12.5. The summed E-state index contributed by atoms with van der Waals surface area (Å²) in [7, 11) is 3.19. The second-order valence-electron chi connectivity index (χ2n) is 4.93. The molecule has 3 aromatic rings. The van der Waals surface area contributed by atoms with E-state index >= 15 is 0 Å². The van der Waals surface area contributed by atoms with E-state index in [2.05, 4.69) is 0 Å². The summed E-state index contributed by atoms with van der Waals surface area (Å²) in [6.07, 6.45) is 0. The van der Waals surface area contributed by atoms with Gasteiger partial charge in [-0.1, -0.05) is 23.7 Å². The molecule has 0 fully saturated rings. The van der Waals surface area contributed by atoms with E-state index in [0.717, 1.165) is 21.9 Å². The Bertz CT molecular complexity index is 826. The van der Waals surface area contributed by atoms with Crippen molar-refractivity contribution in [2.24, 2.45) is 0 Å². The minimum absolute atomic E-state index is 0.199. The lowest BCUT2D eigenvalue weighted by molar-refractivity contribution is 0.356. The van der Waals surface area contributed by atoms with E-state index in [1.807, 2.05) is 36.4 Å². The zero-order valence-electron chi connectivity index (χ0n) is 12.3. The number of halogens is 1. The zero-order chi connectivity index (χ0) is 15.7. The van der Waals surface area contributed by atoms with Gasteiger partial charge in [-0.3, -0.25) is 0 Å². The van der Waals surface area contributed by atoms with Crippen LogP contribution in [0.4, 0.5) is 0 Å². The van der Waals surface area contributed by atoms with Crippen LogP contribution < -0.4 is 9.47 Å². The fourth-order valence-electron chi connectivity index (χ4n) is 2.54. The molecule has 0 saturated carbocycles. The van der Waals surface area contributed by atoms with E-state index in [-0.39, 0.29) is 5.75 Å². The Balaban J connectivity index is 2.31. The third kappa shape index (κ3) is 2.55. The van der Waals surface area contributed by atoms with Crippen LogP contribution in [-0.2, 0) is 0 Å². The summed E-state index contributed by atoms with van der Waals surface area (Å²) in [4.78, 5) is 0. The normalized spacial score (nSPS) is 10.7. The number of hydrogen-bond acceptors (Lipinski definition) is 3. The zero-order valence-corrected chi connectivity index (χ0v) is 13.0. The summed E-state index contributed by atoms with van der Waals surface area (Å²) < 4.78 is 10.7. The van der Waals surface area contributed by atoms with Gasteiger partial charge in [-0.05, 0) is 58.3 Å². The summed E-state index contributed by atoms with van der Waals surface area (Å²) in [6.45, 7) is 0. The standard InChI is InChI=1S/C18H15ClO3/c1-21-17-8-12-7-14(20)9-15(16(12)10-18(17)22-2)11-3-5-13(19)6-4-11/h3-10,20H,1-2H3. The lowest BCUT2D eigenvalue weighted by Crippen LogP contribution is -1.91. The lowest BCUT2D eigenvalue weighted by Gasteiger charge is -2.13. The van der Waals surface area contributed by atoms with Gasteiger partial charge in [0.2, 0.25) is 0 Å². The lowest BCUT2D eigenvalue weighted by atomic mass is 9.97. The molecule has 1 N–H and O–H groups in total. The van der Waals surface area contributed by atoms with E-state index < -0.39 is 0 Å². The molecule has 0 aliphatic carbocycles. The third-order valence-corrected chi connectivity index (χ3v) is 3.85. The fraction of sp³-hybridized carbons (Fsp3) is 0.111. The number of phenolic OH excluding ortho intramolecular Hbond substituents is 1. The highest BCUT2D eigenvalue weighted by atomic mass is 35.5. The van der Waals surface area contributed by atoms with Crippen LogP contribution in [-0.4, -0.2) is 19.3 Å². The molecule has 112 valence electrons. The Morgan fingerprint density at radius 3 is 2.14 bits per heavy atom. The van der Waals surface area contributed by atoms with Gasteiger partial charge in [-0.15, -0.1) is 0 Å². The molecule has 0 heterocycles. The summed E-state index contributed by atoms with van der Waals surface area (Å²) in [5.41, 5.74) is 1.88. The Labute approximate surface area is 133 Å². The second kappa shape index (κ2) is 5.78. The first kappa shape index (κ1) is 14.5. The highest BCUT2D eigenvalue weighted by molar-refractivity contribution is 6.30. The molecule has 0 aliphatic rings. The third-order valence-electron chi connectivity index (χ3n) is 3.60. The van der Waals surface area contributed by atoms with Crippen molar-refractivity contribution in [3.05, 3.63) is 53.6 Å². The molecular formula is C18H15ClO3. The predicted octanol–water partition coefficient (Wildman–Crippen LogP) is 4.88. The number of methoxy groups -OCH3 is 2. The molecule has 3 nitrogen and oxygen atoms in total. The van der Waals surface area contributed by atoms with Gasteiger partial charge < -0.3 is 14.6 Å². The minimum atomic E-state index is 0.199. The highest BCUT2D eigenvalue weighted by Crippen LogP contribution is 2.39. The van der Waals surface area contributed by atoms with Crippen LogP contribution >= 0.6 is 11.6 Å². The molecule has 0 amide bonds. The summed E-state index contributed by atoms with van der Waals surface area (Å²) in [5.74, 6) is 1.48.